The van der Waals surface area contributed by atoms with Gasteiger partial charge in [-0.05, 0) is 0 Å². The molecular formula is C6H14N4. The fourth-order valence-electron chi connectivity index (χ4n) is 0.855. The first-order chi connectivity index (χ1) is 4.72. The minimum absolute atomic E-state index is 0.928. The highest BCUT2D eigenvalue weighted by Crippen LogP contribution is 1.98. The van der Waals surface area contributed by atoms with Crippen molar-refractivity contribution in [3.05, 3.63) is 12.4 Å². The van der Waals surface area contributed by atoms with E-state index in [1.54, 1.807) is 0 Å². The molecule has 58 valence electrons. The van der Waals surface area contributed by atoms with Gasteiger partial charge < -0.3 is 0 Å². The highest BCUT2D eigenvalue weighted by atomic mass is 15.7. The van der Waals surface area contributed by atoms with Crippen molar-refractivity contribution < 1.29 is 0 Å². The summed E-state index contributed by atoms with van der Waals surface area (Å²) in [5.74, 6) is 0.928. The molecule has 0 aliphatic carbocycles. The molecule has 1 heterocycles. The molecule has 1 aliphatic rings. The van der Waals surface area contributed by atoms with Crippen molar-refractivity contribution in [3.8, 4) is 0 Å². The molecule has 10 heavy (non-hydrogen) atoms. The Morgan fingerprint density at radius 2 is 1.60 bits per heavy atom. The lowest BCUT2D eigenvalue weighted by molar-refractivity contribution is 0.215. The van der Waals surface area contributed by atoms with E-state index >= 15 is 0 Å². The van der Waals surface area contributed by atoms with Crippen LogP contribution in [0.4, 0.5) is 0 Å². The lowest BCUT2D eigenvalue weighted by atomic mass is 10.7. The van der Waals surface area contributed by atoms with Crippen molar-refractivity contribution in [3.63, 3.8) is 0 Å². The van der Waals surface area contributed by atoms with E-state index in [1.165, 1.54) is 0 Å². The van der Waals surface area contributed by atoms with E-state index in [0.29, 0.717) is 0 Å². The van der Waals surface area contributed by atoms with Gasteiger partial charge in [-0.3, -0.25) is 10.0 Å². The molecule has 1 aliphatic heterocycles. The van der Waals surface area contributed by atoms with Crippen molar-refractivity contribution in [2.75, 3.05) is 27.2 Å². The molecule has 4 nitrogen and oxygen atoms in total. The Hall–Kier alpha value is -0.740. The molecule has 0 aromatic heterocycles. The van der Waals surface area contributed by atoms with Gasteiger partial charge in [0.2, 0.25) is 0 Å². The van der Waals surface area contributed by atoms with Crippen LogP contribution in [0.3, 0.4) is 0 Å². The Balaban J connectivity index is 2.55. The summed E-state index contributed by atoms with van der Waals surface area (Å²) in [4.78, 5) is 0. The van der Waals surface area contributed by atoms with E-state index in [1.807, 2.05) is 24.1 Å². The molecule has 0 saturated carbocycles. The largest absolute Gasteiger partial charge is 0.296 e. The van der Waals surface area contributed by atoms with Crippen LogP contribution in [0.25, 0.3) is 0 Å². The average Bonchev–Trinajstić information content (AvgIpc) is 2.04. The van der Waals surface area contributed by atoms with E-state index in [0.717, 1.165) is 18.9 Å². The fourth-order valence-corrected chi connectivity index (χ4v) is 0.855. The Kier molecular flexibility index (Phi) is 2.13. The second kappa shape index (κ2) is 2.90. The maximum Gasteiger partial charge on any atom is 0.125 e. The van der Waals surface area contributed by atoms with Crippen LogP contribution in [0, 0.1) is 0 Å². The summed E-state index contributed by atoms with van der Waals surface area (Å²) in [5.41, 5.74) is 6.31. The normalized spacial score (nSPS) is 21.2. The van der Waals surface area contributed by atoms with E-state index in [4.69, 9.17) is 0 Å². The van der Waals surface area contributed by atoms with Crippen LogP contribution in [0.1, 0.15) is 0 Å². The van der Waals surface area contributed by atoms with Crippen LogP contribution in [0.5, 0.6) is 0 Å². The molecule has 0 aromatic carbocycles. The van der Waals surface area contributed by atoms with Gasteiger partial charge in [0.25, 0.3) is 0 Å². The zero-order valence-corrected chi connectivity index (χ0v) is 6.52. The molecular weight excluding hydrogens is 128 g/mol. The summed E-state index contributed by atoms with van der Waals surface area (Å²) >= 11 is 0. The molecule has 0 atom stereocenters. The highest BCUT2D eigenvalue weighted by Gasteiger charge is 2.09. The quantitative estimate of drug-likeness (QED) is 0.470. The third-order valence-electron chi connectivity index (χ3n) is 1.60. The predicted molar refractivity (Wildman–Crippen MR) is 40.7 cm³/mol. The van der Waals surface area contributed by atoms with E-state index < -0.39 is 0 Å². The third-order valence-corrected chi connectivity index (χ3v) is 1.60. The maximum absolute atomic E-state index is 3.86. The van der Waals surface area contributed by atoms with E-state index in [2.05, 4.69) is 17.4 Å². The van der Waals surface area contributed by atoms with Gasteiger partial charge in [-0.25, -0.2) is 10.9 Å². The molecule has 1 fully saturated rings. The molecule has 0 aromatic rings. The number of hydrogen-bond donors (Lipinski definition) is 2. The highest BCUT2D eigenvalue weighted by molar-refractivity contribution is 4.88. The van der Waals surface area contributed by atoms with Crippen molar-refractivity contribution in [1.29, 1.82) is 0 Å². The summed E-state index contributed by atoms with van der Waals surface area (Å²) in [6.45, 7) is 5.72. The molecule has 1 rings (SSSR count). The number of hydrazine groups is 2. The summed E-state index contributed by atoms with van der Waals surface area (Å²) in [6.07, 6.45) is 0. The third kappa shape index (κ3) is 1.40. The summed E-state index contributed by atoms with van der Waals surface area (Å²) in [7, 11) is 3.90. The van der Waals surface area contributed by atoms with E-state index in [9.17, 15) is 0 Å². The van der Waals surface area contributed by atoms with Gasteiger partial charge in [0.05, 0.1) is 0 Å². The fraction of sp³-hybridized carbons (Fsp3) is 0.667. The van der Waals surface area contributed by atoms with Crippen LogP contribution in [-0.4, -0.2) is 37.2 Å². The zero-order valence-electron chi connectivity index (χ0n) is 6.52. The van der Waals surface area contributed by atoms with Crippen molar-refractivity contribution >= 4 is 0 Å². The van der Waals surface area contributed by atoms with Gasteiger partial charge >= 0.3 is 0 Å². The number of rotatable bonds is 0. The first-order valence-corrected chi connectivity index (χ1v) is 3.35. The van der Waals surface area contributed by atoms with Crippen LogP contribution in [0.15, 0.2) is 12.4 Å². The van der Waals surface area contributed by atoms with Crippen LogP contribution >= 0.6 is 0 Å². The molecule has 4 heteroatoms. The van der Waals surface area contributed by atoms with Gasteiger partial charge in [0, 0.05) is 27.2 Å². The predicted octanol–water partition coefficient (Wildman–Crippen LogP) is -0.656. The minimum atomic E-state index is 0.928. The molecule has 0 amide bonds. The van der Waals surface area contributed by atoms with Gasteiger partial charge in [-0.1, -0.05) is 6.58 Å². The van der Waals surface area contributed by atoms with Gasteiger partial charge in [-0.15, -0.1) is 0 Å². The Morgan fingerprint density at radius 1 is 1.20 bits per heavy atom. The summed E-state index contributed by atoms with van der Waals surface area (Å²) < 4.78 is 0. The topological polar surface area (TPSA) is 30.5 Å². The molecule has 0 unspecified atom stereocenters. The zero-order chi connectivity index (χ0) is 7.56. The molecule has 1 saturated heterocycles. The lowest BCUT2D eigenvalue weighted by Crippen LogP contribution is -2.37. The summed E-state index contributed by atoms with van der Waals surface area (Å²) in [5, 5.41) is 3.81. The Morgan fingerprint density at radius 3 is 2.00 bits per heavy atom. The van der Waals surface area contributed by atoms with Gasteiger partial charge in [0.15, 0.2) is 0 Å². The number of hydrogen-bond acceptors (Lipinski definition) is 4. The molecule has 0 radical (unpaired) electrons. The second-order valence-electron chi connectivity index (χ2n) is 2.35. The molecule has 0 bridgehead atoms. The SMILES string of the molecule is C=C1N(C)NCCNN1C. The molecule has 2 N–H and O–H groups in total. The summed E-state index contributed by atoms with van der Waals surface area (Å²) in [6, 6.07) is 0. The first-order valence-electron chi connectivity index (χ1n) is 3.35. The number of nitrogens with zero attached hydrogens (tertiary/aromatic N) is 2. The van der Waals surface area contributed by atoms with Crippen LogP contribution < -0.4 is 10.9 Å². The van der Waals surface area contributed by atoms with Gasteiger partial charge in [-0.2, -0.15) is 0 Å². The van der Waals surface area contributed by atoms with Gasteiger partial charge in [0.1, 0.15) is 5.82 Å². The van der Waals surface area contributed by atoms with Crippen LogP contribution in [0.2, 0.25) is 0 Å². The maximum atomic E-state index is 3.86. The second-order valence-corrected chi connectivity index (χ2v) is 2.35. The Labute approximate surface area is 61.4 Å². The minimum Gasteiger partial charge on any atom is -0.296 e. The standard InChI is InChI=1S/C6H14N4/c1-6-9(2)7-4-5-8-10(6)3/h7-8H,1,4-5H2,2-3H3. The van der Waals surface area contributed by atoms with Crippen LogP contribution in [-0.2, 0) is 0 Å². The lowest BCUT2D eigenvalue weighted by Gasteiger charge is -2.25. The number of nitrogens with one attached hydrogen (secondary N) is 2. The van der Waals surface area contributed by atoms with Crippen molar-refractivity contribution in [2.45, 2.75) is 0 Å². The monoisotopic (exact) mass is 142 g/mol. The average molecular weight is 142 g/mol. The smallest absolute Gasteiger partial charge is 0.125 e. The Bertz CT molecular complexity index is 120. The van der Waals surface area contributed by atoms with E-state index in [-0.39, 0.29) is 0 Å². The van der Waals surface area contributed by atoms with Crippen molar-refractivity contribution in [2.24, 2.45) is 0 Å². The molecule has 0 spiro atoms. The van der Waals surface area contributed by atoms with Crippen molar-refractivity contribution in [1.82, 2.24) is 20.9 Å². The first kappa shape index (κ1) is 7.37.